The third-order valence-electron chi connectivity index (χ3n) is 5.05. The molecule has 0 saturated carbocycles. The van der Waals surface area contributed by atoms with Gasteiger partial charge in [0.05, 0.1) is 22.8 Å². The summed E-state index contributed by atoms with van der Waals surface area (Å²) >= 11 is 3.45. The molecule has 0 radical (unpaired) electrons. The van der Waals surface area contributed by atoms with Gasteiger partial charge in [-0.15, -0.1) is 0 Å². The van der Waals surface area contributed by atoms with Gasteiger partial charge in [-0.05, 0) is 44.0 Å². The molecule has 1 amide bonds. The minimum Gasteiger partial charge on any atom is -0.355 e. The Morgan fingerprint density at radius 2 is 2.14 bits per heavy atom. The Balaban J connectivity index is 1.56. The first-order chi connectivity index (χ1) is 14.0. The number of anilines is 1. The van der Waals surface area contributed by atoms with E-state index >= 15 is 0 Å². The lowest BCUT2D eigenvalue weighted by Crippen LogP contribution is -2.48. The quantitative estimate of drug-likeness (QED) is 0.656. The lowest BCUT2D eigenvalue weighted by molar-refractivity contribution is 0.0927. The molecule has 7 nitrogen and oxygen atoms in total. The van der Waals surface area contributed by atoms with Crippen molar-refractivity contribution < 1.29 is 4.79 Å². The molecule has 29 heavy (non-hydrogen) atoms. The van der Waals surface area contributed by atoms with E-state index in [-0.39, 0.29) is 11.9 Å². The van der Waals surface area contributed by atoms with Crippen LogP contribution >= 0.6 is 15.9 Å². The van der Waals surface area contributed by atoms with Gasteiger partial charge in [0.1, 0.15) is 11.5 Å². The van der Waals surface area contributed by atoms with E-state index in [9.17, 15) is 10.1 Å². The van der Waals surface area contributed by atoms with Crippen molar-refractivity contribution in [2.45, 2.75) is 25.8 Å². The average Bonchev–Trinajstić information content (AvgIpc) is 2.73. The van der Waals surface area contributed by atoms with E-state index < -0.39 is 0 Å². The van der Waals surface area contributed by atoms with Gasteiger partial charge in [0, 0.05) is 41.4 Å². The third-order valence-corrected chi connectivity index (χ3v) is 5.55. The molecule has 1 N–H and O–H groups in total. The third kappa shape index (κ3) is 4.05. The summed E-state index contributed by atoms with van der Waals surface area (Å²) in [5.74, 6) is 0.544. The molecule has 146 valence electrons. The smallest absolute Gasteiger partial charge is 0.272 e. The zero-order chi connectivity index (χ0) is 20.4. The molecule has 0 aliphatic carbocycles. The predicted octanol–water partition coefficient (Wildman–Crippen LogP) is 3.37. The van der Waals surface area contributed by atoms with Crippen LogP contribution in [0.3, 0.4) is 0 Å². The van der Waals surface area contributed by atoms with Crippen molar-refractivity contribution in [3.63, 3.8) is 0 Å². The molecule has 1 saturated heterocycles. The molecule has 3 heterocycles. The number of aryl methyl sites for hydroxylation is 1. The summed E-state index contributed by atoms with van der Waals surface area (Å²) in [6, 6.07) is 9.81. The average molecular weight is 451 g/mol. The maximum atomic E-state index is 12.6. The topological polar surface area (TPSA) is 94.8 Å². The number of amides is 1. The number of halogens is 1. The number of piperidine rings is 1. The number of benzene rings is 1. The Bertz CT molecular complexity index is 1130. The number of carbonyl (C=O) groups excluding carboxylic acids is 1. The highest BCUT2D eigenvalue weighted by Crippen LogP contribution is 2.27. The van der Waals surface area contributed by atoms with E-state index in [1.54, 1.807) is 13.1 Å². The maximum absolute atomic E-state index is 12.6. The number of nitriles is 1. The van der Waals surface area contributed by atoms with Crippen molar-refractivity contribution in [2.75, 3.05) is 18.0 Å². The van der Waals surface area contributed by atoms with Gasteiger partial charge in [-0.3, -0.25) is 9.78 Å². The largest absolute Gasteiger partial charge is 0.355 e. The van der Waals surface area contributed by atoms with Gasteiger partial charge in [-0.2, -0.15) is 5.26 Å². The van der Waals surface area contributed by atoms with E-state index in [0.29, 0.717) is 23.5 Å². The molecule has 1 aliphatic heterocycles. The minimum absolute atomic E-state index is 0.0226. The summed E-state index contributed by atoms with van der Waals surface area (Å²) in [6.45, 7) is 3.23. The lowest BCUT2D eigenvalue weighted by Gasteiger charge is -2.34. The lowest BCUT2D eigenvalue weighted by atomic mass is 10.0. The monoisotopic (exact) mass is 450 g/mol. The Labute approximate surface area is 176 Å². The van der Waals surface area contributed by atoms with Gasteiger partial charge >= 0.3 is 0 Å². The molecule has 2 aromatic heterocycles. The molecule has 0 bridgehead atoms. The molecule has 0 spiro atoms. The van der Waals surface area contributed by atoms with E-state index in [0.717, 1.165) is 40.6 Å². The van der Waals surface area contributed by atoms with Crippen LogP contribution in [0.15, 0.2) is 41.1 Å². The summed E-state index contributed by atoms with van der Waals surface area (Å²) in [5, 5.41) is 13.5. The fourth-order valence-electron chi connectivity index (χ4n) is 3.63. The van der Waals surface area contributed by atoms with E-state index in [1.807, 2.05) is 24.3 Å². The van der Waals surface area contributed by atoms with Gasteiger partial charge in [-0.25, -0.2) is 9.97 Å². The summed E-state index contributed by atoms with van der Waals surface area (Å²) in [4.78, 5) is 27.7. The van der Waals surface area contributed by atoms with Crippen molar-refractivity contribution in [3.05, 3.63) is 58.1 Å². The zero-order valence-electron chi connectivity index (χ0n) is 15.9. The molecule has 1 fully saturated rings. The number of fused-ring (bicyclic) bond motifs is 1. The molecule has 1 aromatic carbocycles. The normalized spacial score (nSPS) is 16.4. The molecular weight excluding hydrogens is 432 g/mol. The number of carbonyl (C=O) groups is 1. The fourth-order valence-corrected chi connectivity index (χ4v) is 3.99. The van der Waals surface area contributed by atoms with Crippen LogP contribution in [0, 0.1) is 18.3 Å². The summed E-state index contributed by atoms with van der Waals surface area (Å²) in [5.41, 5.74) is 2.33. The van der Waals surface area contributed by atoms with E-state index in [1.165, 1.54) is 6.20 Å². The molecular formula is C21H19BrN6O. The highest BCUT2D eigenvalue weighted by Gasteiger charge is 2.24. The molecule has 1 aliphatic rings. The van der Waals surface area contributed by atoms with Crippen LogP contribution < -0.4 is 10.2 Å². The standard InChI is InChI=1S/C21H19BrN6O/c1-13-20(25-7-6-24-13)21(29)26-16-3-2-8-28(12-16)19-9-14(11-23)17-10-15(22)4-5-18(17)27-19/h4-7,9-10,16H,2-3,8,12H2,1H3,(H,26,29)/t16-/m0/s1. The summed E-state index contributed by atoms with van der Waals surface area (Å²) in [7, 11) is 0. The molecule has 0 unspecified atom stereocenters. The minimum atomic E-state index is -0.212. The second kappa shape index (κ2) is 8.13. The Hall–Kier alpha value is -3.05. The number of pyridine rings is 1. The Kier molecular flexibility index (Phi) is 5.41. The number of rotatable bonds is 3. The van der Waals surface area contributed by atoms with Crippen molar-refractivity contribution in [1.29, 1.82) is 5.26 Å². The van der Waals surface area contributed by atoms with E-state index in [4.69, 9.17) is 4.98 Å². The van der Waals surface area contributed by atoms with Crippen LogP contribution in [0.4, 0.5) is 5.82 Å². The molecule has 8 heteroatoms. The van der Waals surface area contributed by atoms with Crippen molar-refractivity contribution >= 4 is 38.6 Å². The van der Waals surface area contributed by atoms with Gasteiger partial charge in [0.15, 0.2) is 0 Å². The molecule has 4 rings (SSSR count). The molecule has 3 aromatic rings. The van der Waals surface area contributed by atoms with Gasteiger partial charge in [-0.1, -0.05) is 15.9 Å². The van der Waals surface area contributed by atoms with Crippen LogP contribution in [0.1, 0.15) is 34.6 Å². The van der Waals surface area contributed by atoms with Crippen molar-refractivity contribution in [3.8, 4) is 6.07 Å². The van der Waals surface area contributed by atoms with Crippen LogP contribution in [0.2, 0.25) is 0 Å². The highest BCUT2D eigenvalue weighted by molar-refractivity contribution is 9.10. The van der Waals surface area contributed by atoms with Crippen molar-refractivity contribution in [1.82, 2.24) is 20.3 Å². The Morgan fingerprint density at radius 1 is 1.31 bits per heavy atom. The SMILES string of the molecule is Cc1nccnc1C(=O)N[C@H]1CCCN(c2cc(C#N)c3cc(Br)ccc3n2)C1. The first kappa shape index (κ1) is 19.3. The van der Waals surface area contributed by atoms with Crippen LogP contribution in [0.25, 0.3) is 10.9 Å². The summed E-state index contributed by atoms with van der Waals surface area (Å²) in [6.07, 6.45) is 4.90. The second-order valence-electron chi connectivity index (χ2n) is 7.05. The summed E-state index contributed by atoms with van der Waals surface area (Å²) < 4.78 is 0.913. The predicted molar refractivity (Wildman–Crippen MR) is 114 cm³/mol. The van der Waals surface area contributed by atoms with Gasteiger partial charge < -0.3 is 10.2 Å². The van der Waals surface area contributed by atoms with Crippen LogP contribution in [0.5, 0.6) is 0 Å². The number of hydrogen-bond donors (Lipinski definition) is 1. The number of nitrogens with one attached hydrogen (secondary N) is 1. The van der Waals surface area contributed by atoms with Gasteiger partial charge in [0.2, 0.25) is 0 Å². The molecule has 1 atom stereocenters. The zero-order valence-corrected chi connectivity index (χ0v) is 17.5. The highest BCUT2D eigenvalue weighted by atomic mass is 79.9. The number of nitrogens with zero attached hydrogens (tertiary/aromatic N) is 5. The second-order valence-corrected chi connectivity index (χ2v) is 7.97. The number of hydrogen-bond acceptors (Lipinski definition) is 6. The van der Waals surface area contributed by atoms with Gasteiger partial charge in [0.25, 0.3) is 5.91 Å². The van der Waals surface area contributed by atoms with Crippen LogP contribution in [-0.4, -0.2) is 40.0 Å². The Morgan fingerprint density at radius 3 is 2.93 bits per heavy atom. The maximum Gasteiger partial charge on any atom is 0.272 e. The van der Waals surface area contributed by atoms with Crippen LogP contribution in [-0.2, 0) is 0 Å². The fraction of sp³-hybridized carbons (Fsp3) is 0.286. The first-order valence-electron chi connectivity index (χ1n) is 9.39. The van der Waals surface area contributed by atoms with E-state index in [2.05, 4.69) is 42.2 Å². The first-order valence-corrected chi connectivity index (χ1v) is 10.2. The number of aromatic nitrogens is 3. The van der Waals surface area contributed by atoms with Crippen molar-refractivity contribution in [2.24, 2.45) is 0 Å².